The second kappa shape index (κ2) is 8.11. The lowest BCUT2D eigenvalue weighted by atomic mass is 9.82. The number of likely N-dealkylation sites (tertiary alicyclic amines) is 1. The molecule has 0 spiro atoms. The minimum absolute atomic E-state index is 0.650. The Morgan fingerprint density at radius 2 is 1.81 bits per heavy atom. The number of aromatic nitrogens is 3. The quantitative estimate of drug-likeness (QED) is 0.668. The number of guanidine groups is 1. The number of aliphatic imine (C=N–C) groups is 1. The van der Waals surface area contributed by atoms with E-state index in [0.29, 0.717) is 13.1 Å². The molecule has 0 amide bonds. The summed E-state index contributed by atoms with van der Waals surface area (Å²) in [5.74, 6) is 4.55. The molecule has 2 atom stereocenters. The van der Waals surface area contributed by atoms with Crippen molar-refractivity contribution in [1.82, 2.24) is 25.0 Å². The van der Waals surface area contributed by atoms with E-state index in [0.717, 1.165) is 42.5 Å². The number of hydrogen-bond donors (Lipinski definition) is 1. The molecule has 1 N–H and O–H groups in total. The van der Waals surface area contributed by atoms with Crippen molar-refractivity contribution >= 4 is 5.96 Å². The van der Waals surface area contributed by atoms with Crippen LogP contribution in [-0.4, -0.2) is 38.7 Å². The molecule has 2 unspecified atom stereocenters. The van der Waals surface area contributed by atoms with E-state index in [1.807, 2.05) is 24.6 Å². The molecule has 2 aliphatic rings. The van der Waals surface area contributed by atoms with Crippen LogP contribution in [0.15, 0.2) is 35.3 Å². The fourth-order valence-corrected chi connectivity index (χ4v) is 4.36. The molecule has 2 aromatic rings. The van der Waals surface area contributed by atoms with Gasteiger partial charge < -0.3 is 14.8 Å². The van der Waals surface area contributed by atoms with Crippen molar-refractivity contribution in [1.29, 1.82) is 0 Å². The molecule has 1 saturated carbocycles. The van der Waals surface area contributed by atoms with Gasteiger partial charge in [-0.3, -0.25) is 0 Å². The highest BCUT2D eigenvalue weighted by atomic mass is 15.3. The first-order valence-corrected chi connectivity index (χ1v) is 10.1. The lowest BCUT2D eigenvalue weighted by Gasteiger charge is -2.22. The first kappa shape index (κ1) is 18.0. The standard InChI is InChI=1S/C21H30N6/c1-16-24-25-20(26(16)2)13-23-21(22-12-17-8-4-3-5-9-17)27-14-18-10-6-7-11-19(18)15-27/h3-5,8-9,18-19H,6-7,10-15H2,1-2H3,(H,22,23). The molecule has 1 aromatic heterocycles. The molecule has 2 fully saturated rings. The highest BCUT2D eigenvalue weighted by Gasteiger charge is 2.35. The molecule has 4 rings (SSSR count). The third-order valence-electron chi connectivity index (χ3n) is 6.12. The number of benzene rings is 1. The molecule has 1 aliphatic heterocycles. The van der Waals surface area contributed by atoms with Crippen LogP contribution >= 0.6 is 0 Å². The molecule has 1 aliphatic carbocycles. The lowest BCUT2D eigenvalue weighted by molar-refractivity contribution is 0.299. The molecule has 2 heterocycles. The van der Waals surface area contributed by atoms with Crippen molar-refractivity contribution in [2.75, 3.05) is 13.1 Å². The van der Waals surface area contributed by atoms with Gasteiger partial charge in [-0.2, -0.15) is 0 Å². The Morgan fingerprint density at radius 1 is 1.11 bits per heavy atom. The summed E-state index contributed by atoms with van der Waals surface area (Å²) < 4.78 is 2.03. The zero-order valence-electron chi connectivity index (χ0n) is 16.4. The average molecular weight is 367 g/mol. The van der Waals surface area contributed by atoms with E-state index in [1.165, 1.54) is 31.2 Å². The van der Waals surface area contributed by atoms with Gasteiger partial charge in [-0.15, -0.1) is 10.2 Å². The zero-order valence-corrected chi connectivity index (χ0v) is 16.4. The molecular formula is C21H30N6. The Hall–Kier alpha value is -2.37. The fourth-order valence-electron chi connectivity index (χ4n) is 4.36. The smallest absolute Gasteiger partial charge is 0.194 e. The van der Waals surface area contributed by atoms with Gasteiger partial charge in [0.1, 0.15) is 5.82 Å². The normalized spacial score (nSPS) is 22.7. The number of fused-ring (bicyclic) bond motifs is 1. The van der Waals surface area contributed by atoms with Crippen LogP contribution in [0, 0.1) is 18.8 Å². The minimum Gasteiger partial charge on any atom is -0.349 e. The summed E-state index contributed by atoms with van der Waals surface area (Å²) in [6.45, 7) is 5.59. The second-order valence-corrected chi connectivity index (χ2v) is 7.91. The summed E-state index contributed by atoms with van der Waals surface area (Å²) in [4.78, 5) is 7.42. The Morgan fingerprint density at radius 3 is 2.44 bits per heavy atom. The zero-order chi connectivity index (χ0) is 18.6. The van der Waals surface area contributed by atoms with E-state index < -0.39 is 0 Å². The van der Waals surface area contributed by atoms with Gasteiger partial charge in [0, 0.05) is 20.1 Å². The molecule has 1 saturated heterocycles. The van der Waals surface area contributed by atoms with Crippen LogP contribution in [0.25, 0.3) is 0 Å². The van der Waals surface area contributed by atoms with Crippen LogP contribution in [0.2, 0.25) is 0 Å². The van der Waals surface area contributed by atoms with E-state index in [9.17, 15) is 0 Å². The predicted octanol–water partition coefficient (Wildman–Crippen LogP) is 2.89. The maximum atomic E-state index is 4.96. The van der Waals surface area contributed by atoms with Gasteiger partial charge in [0.25, 0.3) is 0 Å². The third-order valence-corrected chi connectivity index (χ3v) is 6.12. The van der Waals surface area contributed by atoms with E-state index >= 15 is 0 Å². The average Bonchev–Trinajstić information content (AvgIpc) is 3.27. The van der Waals surface area contributed by atoms with Crippen molar-refractivity contribution in [3.05, 3.63) is 47.5 Å². The lowest BCUT2D eigenvalue weighted by Crippen LogP contribution is -2.40. The van der Waals surface area contributed by atoms with Crippen LogP contribution in [0.1, 0.15) is 42.9 Å². The van der Waals surface area contributed by atoms with Crippen LogP contribution in [0.4, 0.5) is 0 Å². The molecule has 6 nitrogen and oxygen atoms in total. The maximum absolute atomic E-state index is 4.96. The fraction of sp³-hybridized carbons (Fsp3) is 0.571. The number of hydrogen-bond acceptors (Lipinski definition) is 3. The summed E-state index contributed by atoms with van der Waals surface area (Å²) in [6.07, 6.45) is 5.51. The van der Waals surface area contributed by atoms with Gasteiger partial charge in [-0.05, 0) is 37.2 Å². The highest BCUT2D eigenvalue weighted by Crippen LogP contribution is 2.36. The Labute approximate surface area is 161 Å². The van der Waals surface area contributed by atoms with Crippen molar-refractivity contribution in [2.24, 2.45) is 23.9 Å². The topological polar surface area (TPSA) is 58.3 Å². The summed E-state index contributed by atoms with van der Waals surface area (Å²) in [5.41, 5.74) is 1.24. The molecule has 0 radical (unpaired) electrons. The van der Waals surface area contributed by atoms with Crippen LogP contribution in [-0.2, 0) is 20.1 Å². The Bertz CT molecular complexity index is 767. The minimum atomic E-state index is 0.650. The number of aryl methyl sites for hydroxylation is 1. The van der Waals surface area contributed by atoms with Gasteiger partial charge in [-0.25, -0.2) is 4.99 Å². The first-order chi connectivity index (χ1) is 13.2. The van der Waals surface area contributed by atoms with Crippen molar-refractivity contribution in [3.63, 3.8) is 0 Å². The SMILES string of the molecule is Cc1nnc(CNC(=NCc2ccccc2)N2CC3CCCCC3C2)n1C. The first-order valence-electron chi connectivity index (χ1n) is 10.1. The van der Waals surface area contributed by atoms with Crippen molar-refractivity contribution in [3.8, 4) is 0 Å². The van der Waals surface area contributed by atoms with Crippen molar-refractivity contribution in [2.45, 2.75) is 45.7 Å². The predicted molar refractivity (Wildman–Crippen MR) is 107 cm³/mol. The summed E-state index contributed by atoms with van der Waals surface area (Å²) in [6, 6.07) is 10.5. The van der Waals surface area contributed by atoms with E-state index in [2.05, 4.69) is 44.7 Å². The Kier molecular flexibility index (Phi) is 5.41. The molecule has 144 valence electrons. The largest absolute Gasteiger partial charge is 0.349 e. The summed E-state index contributed by atoms with van der Waals surface area (Å²) in [7, 11) is 2.01. The second-order valence-electron chi connectivity index (χ2n) is 7.91. The van der Waals surface area contributed by atoms with Crippen molar-refractivity contribution < 1.29 is 0 Å². The van der Waals surface area contributed by atoms with Crippen LogP contribution in [0.5, 0.6) is 0 Å². The molecule has 6 heteroatoms. The van der Waals surface area contributed by atoms with Gasteiger partial charge >= 0.3 is 0 Å². The molecule has 1 aromatic carbocycles. The summed E-state index contributed by atoms with van der Waals surface area (Å²) in [5, 5.41) is 12.0. The third kappa shape index (κ3) is 4.15. The van der Waals surface area contributed by atoms with E-state index in [-0.39, 0.29) is 0 Å². The van der Waals surface area contributed by atoms with E-state index in [4.69, 9.17) is 4.99 Å². The Balaban J connectivity index is 1.48. The van der Waals surface area contributed by atoms with Gasteiger partial charge in [-0.1, -0.05) is 43.2 Å². The molecular weight excluding hydrogens is 336 g/mol. The van der Waals surface area contributed by atoms with Gasteiger partial charge in [0.2, 0.25) is 0 Å². The number of nitrogens with one attached hydrogen (secondary N) is 1. The van der Waals surface area contributed by atoms with Crippen LogP contribution < -0.4 is 5.32 Å². The van der Waals surface area contributed by atoms with Gasteiger partial charge in [0.15, 0.2) is 11.8 Å². The highest BCUT2D eigenvalue weighted by molar-refractivity contribution is 5.80. The van der Waals surface area contributed by atoms with Gasteiger partial charge in [0.05, 0.1) is 13.1 Å². The number of rotatable bonds is 4. The van der Waals surface area contributed by atoms with E-state index in [1.54, 1.807) is 0 Å². The maximum Gasteiger partial charge on any atom is 0.194 e. The monoisotopic (exact) mass is 366 g/mol. The molecule has 27 heavy (non-hydrogen) atoms. The summed E-state index contributed by atoms with van der Waals surface area (Å²) >= 11 is 0. The van der Waals surface area contributed by atoms with Crippen LogP contribution in [0.3, 0.4) is 0 Å². The number of nitrogens with zero attached hydrogens (tertiary/aromatic N) is 5. The molecule has 0 bridgehead atoms.